The van der Waals surface area contributed by atoms with E-state index in [2.05, 4.69) is 15.4 Å². The molecule has 0 saturated heterocycles. The quantitative estimate of drug-likeness (QED) is 0.427. The van der Waals surface area contributed by atoms with Gasteiger partial charge in [0, 0.05) is 16.3 Å². The summed E-state index contributed by atoms with van der Waals surface area (Å²) in [6.45, 7) is 7.90. The summed E-state index contributed by atoms with van der Waals surface area (Å²) in [5.74, 6) is 0.304. The lowest BCUT2D eigenvalue weighted by Crippen LogP contribution is -2.15. The van der Waals surface area contributed by atoms with Crippen molar-refractivity contribution < 1.29 is 4.79 Å². The lowest BCUT2D eigenvalue weighted by atomic mass is 10.1. The van der Waals surface area contributed by atoms with Gasteiger partial charge in [-0.3, -0.25) is 4.79 Å². The Hall–Kier alpha value is -3.44. The van der Waals surface area contributed by atoms with Gasteiger partial charge in [0.2, 0.25) is 5.82 Å². The number of halogens is 1. The van der Waals surface area contributed by atoms with Crippen LogP contribution in [0.15, 0.2) is 60.7 Å². The molecule has 6 heteroatoms. The number of amides is 1. The number of carbonyl (C=O) groups excluding carboxylic acids is 1. The number of hydrogen-bond donors (Lipinski definition) is 1. The molecule has 4 aromatic rings. The van der Waals surface area contributed by atoms with E-state index in [1.807, 2.05) is 88.4 Å². The van der Waals surface area contributed by atoms with E-state index in [0.717, 1.165) is 39.2 Å². The minimum absolute atomic E-state index is 0.0909. The van der Waals surface area contributed by atoms with Gasteiger partial charge in [-0.1, -0.05) is 59.6 Å². The maximum Gasteiger partial charge on any atom is 0.295 e. The van der Waals surface area contributed by atoms with Crippen LogP contribution in [0, 0.1) is 27.7 Å². The maximum atomic E-state index is 13.0. The van der Waals surface area contributed by atoms with Crippen molar-refractivity contribution >= 4 is 23.2 Å². The molecule has 4 rings (SSSR count). The number of benzene rings is 3. The molecule has 0 fully saturated rings. The summed E-state index contributed by atoms with van der Waals surface area (Å²) >= 11 is 6.35. The fourth-order valence-corrected chi connectivity index (χ4v) is 3.41. The van der Waals surface area contributed by atoms with E-state index in [1.54, 1.807) is 4.68 Å². The summed E-state index contributed by atoms with van der Waals surface area (Å²) in [5.41, 5.74) is 6.49. The highest BCUT2D eigenvalue weighted by molar-refractivity contribution is 6.31. The van der Waals surface area contributed by atoms with Crippen LogP contribution in [0.1, 0.15) is 32.9 Å². The molecule has 0 unspecified atom stereocenters. The molecule has 0 bridgehead atoms. The molecule has 5 nitrogen and oxygen atoms in total. The van der Waals surface area contributed by atoms with Crippen molar-refractivity contribution in [3.8, 4) is 17.1 Å². The lowest BCUT2D eigenvalue weighted by Gasteiger charge is -2.08. The third-order valence-corrected chi connectivity index (χ3v) is 5.57. The van der Waals surface area contributed by atoms with Crippen LogP contribution >= 0.6 is 11.6 Å². The lowest BCUT2D eigenvalue weighted by molar-refractivity contribution is 0.101. The van der Waals surface area contributed by atoms with Gasteiger partial charge in [-0.15, -0.1) is 5.10 Å². The van der Waals surface area contributed by atoms with Gasteiger partial charge < -0.3 is 5.32 Å². The van der Waals surface area contributed by atoms with Crippen LogP contribution in [0.5, 0.6) is 0 Å². The van der Waals surface area contributed by atoms with Crippen molar-refractivity contribution in [3.05, 3.63) is 93.8 Å². The molecular weight excluding hydrogens is 408 g/mol. The Morgan fingerprint density at radius 1 is 0.871 bits per heavy atom. The van der Waals surface area contributed by atoms with Crippen molar-refractivity contribution in [2.24, 2.45) is 0 Å². The predicted molar refractivity (Wildman–Crippen MR) is 125 cm³/mol. The first-order chi connectivity index (χ1) is 14.8. The second-order valence-electron chi connectivity index (χ2n) is 7.74. The molecule has 0 aliphatic rings. The van der Waals surface area contributed by atoms with Crippen LogP contribution in [-0.4, -0.2) is 20.7 Å². The minimum atomic E-state index is -0.362. The zero-order valence-corrected chi connectivity index (χ0v) is 18.7. The Labute approximate surface area is 186 Å². The monoisotopic (exact) mass is 430 g/mol. The van der Waals surface area contributed by atoms with Crippen molar-refractivity contribution in [2.45, 2.75) is 27.7 Å². The van der Waals surface area contributed by atoms with Gasteiger partial charge in [0.15, 0.2) is 5.82 Å². The van der Waals surface area contributed by atoms with Crippen LogP contribution in [0.3, 0.4) is 0 Å². The minimum Gasteiger partial charge on any atom is -0.319 e. The number of carbonyl (C=O) groups is 1. The number of nitrogens with zero attached hydrogens (tertiary/aromatic N) is 3. The van der Waals surface area contributed by atoms with Crippen molar-refractivity contribution in [2.75, 3.05) is 5.32 Å². The standard InChI is InChI=1S/C25H23ClN4O/c1-15-6-10-19(11-7-15)24-28-23(25(31)27-22-13-16(2)5-8-18(22)4)29-30(24)20-12-9-17(3)21(26)14-20/h5-14H,1-4H3,(H,27,31). The van der Waals surface area contributed by atoms with Gasteiger partial charge in [-0.2, -0.15) is 0 Å². The molecule has 156 valence electrons. The molecule has 3 aromatic carbocycles. The Bertz CT molecular complexity index is 1280. The van der Waals surface area contributed by atoms with Crippen LogP contribution in [0.2, 0.25) is 5.02 Å². The number of aromatic nitrogens is 3. The molecule has 0 saturated carbocycles. The smallest absolute Gasteiger partial charge is 0.295 e. The predicted octanol–water partition coefficient (Wildman–Crippen LogP) is 6.07. The average molecular weight is 431 g/mol. The molecule has 0 aliphatic heterocycles. The number of aryl methyl sites for hydroxylation is 4. The van der Waals surface area contributed by atoms with E-state index in [0.29, 0.717) is 10.8 Å². The van der Waals surface area contributed by atoms with E-state index < -0.39 is 0 Å². The molecule has 31 heavy (non-hydrogen) atoms. The van der Waals surface area contributed by atoms with Crippen LogP contribution in [-0.2, 0) is 0 Å². The first kappa shape index (κ1) is 20.8. The summed E-state index contributed by atoms with van der Waals surface area (Å²) in [4.78, 5) is 17.6. The first-order valence-electron chi connectivity index (χ1n) is 10.0. The Morgan fingerprint density at radius 3 is 2.26 bits per heavy atom. The highest BCUT2D eigenvalue weighted by atomic mass is 35.5. The summed E-state index contributed by atoms with van der Waals surface area (Å²) in [6, 6.07) is 19.5. The zero-order valence-electron chi connectivity index (χ0n) is 17.9. The van der Waals surface area contributed by atoms with Gasteiger partial charge in [0.05, 0.1) is 5.69 Å². The van der Waals surface area contributed by atoms with Crippen molar-refractivity contribution in [1.82, 2.24) is 14.8 Å². The summed E-state index contributed by atoms with van der Waals surface area (Å²) in [6.07, 6.45) is 0. The number of hydrogen-bond acceptors (Lipinski definition) is 3. The molecule has 0 atom stereocenters. The Kier molecular flexibility index (Phi) is 5.61. The summed E-state index contributed by atoms with van der Waals surface area (Å²) in [5, 5.41) is 8.10. The van der Waals surface area contributed by atoms with E-state index in [9.17, 15) is 4.79 Å². The molecule has 0 radical (unpaired) electrons. The zero-order chi connectivity index (χ0) is 22.1. The SMILES string of the molecule is Cc1ccc(-c2nc(C(=O)Nc3cc(C)ccc3C)nn2-c2ccc(C)c(Cl)c2)cc1. The van der Waals surface area contributed by atoms with Crippen LogP contribution in [0.4, 0.5) is 5.69 Å². The van der Waals surface area contributed by atoms with E-state index in [1.165, 1.54) is 0 Å². The largest absolute Gasteiger partial charge is 0.319 e. The van der Waals surface area contributed by atoms with Crippen molar-refractivity contribution in [1.29, 1.82) is 0 Å². The maximum absolute atomic E-state index is 13.0. The molecule has 1 amide bonds. The van der Waals surface area contributed by atoms with Gasteiger partial charge in [0.1, 0.15) is 0 Å². The third-order valence-electron chi connectivity index (χ3n) is 5.16. The van der Waals surface area contributed by atoms with E-state index >= 15 is 0 Å². The number of nitrogens with one attached hydrogen (secondary N) is 1. The molecule has 1 heterocycles. The molecule has 1 N–H and O–H groups in total. The molecule has 1 aromatic heterocycles. The number of rotatable bonds is 4. The second-order valence-corrected chi connectivity index (χ2v) is 8.15. The van der Waals surface area contributed by atoms with Crippen LogP contribution in [0.25, 0.3) is 17.1 Å². The van der Waals surface area contributed by atoms with Gasteiger partial charge in [-0.25, -0.2) is 9.67 Å². The molecule has 0 aliphatic carbocycles. The molecular formula is C25H23ClN4O. The highest BCUT2D eigenvalue weighted by Gasteiger charge is 2.20. The van der Waals surface area contributed by atoms with E-state index in [4.69, 9.17) is 11.6 Å². The topological polar surface area (TPSA) is 59.8 Å². The Balaban J connectivity index is 1.78. The third kappa shape index (κ3) is 4.37. The highest BCUT2D eigenvalue weighted by Crippen LogP contribution is 2.25. The van der Waals surface area contributed by atoms with Gasteiger partial charge >= 0.3 is 0 Å². The van der Waals surface area contributed by atoms with Gasteiger partial charge in [-0.05, 0) is 62.6 Å². The summed E-state index contributed by atoms with van der Waals surface area (Å²) in [7, 11) is 0. The van der Waals surface area contributed by atoms with Gasteiger partial charge in [0.25, 0.3) is 5.91 Å². The average Bonchev–Trinajstić information content (AvgIpc) is 3.19. The summed E-state index contributed by atoms with van der Waals surface area (Å²) < 4.78 is 1.66. The fourth-order valence-electron chi connectivity index (χ4n) is 3.24. The molecule has 0 spiro atoms. The van der Waals surface area contributed by atoms with Crippen LogP contribution < -0.4 is 5.32 Å². The van der Waals surface area contributed by atoms with E-state index in [-0.39, 0.29) is 11.7 Å². The Morgan fingerprint density at radius 2 is 1.55 bits per heavy atom. The fraction of sp³-hybridized carbons (Fsp3) is 0.160. The normalized spacial score (nSPS) is 10.9. The second kappa shape index (κ2) is 8.36. The first-order valence-corrected chi connectivity index (χ1v) is 10.4. The van der Waals surface area contributed by atoms with Crippen molar-refractivity contribution in [3.63, 3.8) is 0 Å². The number of anilines is 1.